The number of carboxylic acid groups (broad SMARTS) is 1. The first-order chi connectivity index (χ1) is 21.1. The molecule has 3 aliphatic rings. The van der Waals surface area contributed by atoms with Gasteiger partial charge in [-0.2, -0.15) is 0 Å². The predicted octanol–water partition coefficient (Wildman–Crippen LogP) is 7.23. The van der Waals surface area contributed by atoms with Crippen LogP contribution in [0.4, 0.5) is 5.69 Å². The standard InChI is InChI=1S/C34H34Cl2N2O5S/c1-21-29(19-31(39)40)34(41)38(33(23-12-14-25(35)15-13-23)32(21)24-6-5-7-26(36)18-24)30(22-10-11-22)20-37(27-8-3-2-4-9-27)44(42,43)28-16-17-28/h2-9,12-15,18,22,28,30,32-33H,10-11,16-17,19-20H2,1H3,(H,39,40)/t30?,32-,33-/m1/s1. The van der Waals surface area contributed by atoms with Crippen molar-refractivity contribution < 1.29 is 23.1 Å². The van der Waals surface area contributed by atoms with Gasteiger partial charge in [-0.25, -0.2) is 8.42 Å². The van der Waals surface area contributed by atoms with E-state index in [1.54, 1.807) is 35.2 Å². The molecule has 1 N–H and O–H groups in total. The molecule has 2 fully saturated rings. The third kappa shape index (κ3) is 6.12. The Hall–Kier alpha value is -3.33. The quantitative estimate of drug-likeness (QED) is 0.236. The molecular weight excluding hydrogens is 619 g/mol. The number of carbonyl (C=O) groups is 2. The zero-order chi connectivity index (χ0) is 31.2. The molecule has 2 aliphatic carbocycles. The van der Waals surface area contributed by atoms with E-state index in [1.165, 1.54) is 4.31 Å². The number of halogens is 2. The van der Waals surface area contributed by atoms with Gasteiger partial charge in [-0.3, -0.25) is 13.9 Å². The summed E-state index contributed by atoms with van der Waals surface area (Å²) < 4.78 is 29.3. The van der Waals surface area contributed by atoms with Crippen LogP contribution in [0.3, 0.4) is 0 Å². The number of nitrogens with zero attached hydrogens (tertiary/aromatic N) is 2. The topological polar surface area (TPSA) is 95.0 Å². The number of sulfonamides is 1. The molecule has 1 heterocycles. The van der Waals surface area contributed by atoms with E-state index in [1.807, 2.05) is 55.5 Å². The van der Waals surface area contributed by atoms with E-state index in [0.717, 1.165) is 24.0 Å². The number of para-hydroxylation sites is 1. The number of aliphatic carboxylic acids is 1. The highest BCUT2D eigenvalue weighted by atomic mass is 35.5. The highest BCUT2D eigenvalue weighted by Gasteiger charge is 2.50. The van der Waals surface area contributed by atoms with Gasteiger partial charge in [0.2, 0.25) is 10.0 Å². The van der Waals surface area contributed by atoms with Crippen molar-refractivity contribution in [1.29, 1.82) is 0 Å². The first-order valence-electron chi connectivity index (χ1n) is 14.9. The molecule has 7 nitrogen and oxygen atoms in total. The summed E-state index contributed by atoms with van der Waals surface area (Å²) in [5.74, 6) is -1.85. The molecule has 1 amide bonds. The Labute approximate surface area is 268 Å². The molecule has 10 heteroatoms. The largest absolute Gasteiger partial charge is 0.481 e. The second-order valence-electron chi connectivity index (χ2n) is 12.0. The summed E-state index contributed by atoms with van der Waals surface area (Å²) in [6.45, 7) is 1.90. The fourth-order valence-electron chi connectivity index (χ4n) is 6.52. The maximum Gasteiger partial charge on any atom is 0.308 e. The van der Waals surface area contributed by atoms with E-state index in [0.29, 0.717) is 34.1 Å². The highest BCUT2D eigenvalue weighted by Crippen LogP contribution is 2.51. The number of carbonyl (C=O) groups excluding carboxylic acids is 1. The van der Waals surface area contributed by atoms with E-state index in [4.69, 9.17) is 23.2 Å². The molecule has 6 rings (SSSR count). The first kappa shape index (κ1) is 30.7. The van der Waals surface area contributed by atoms with Crippen LogP contribution in [0.2, 0.25) is 10.0 Å². The molecular formula is C34H34Cl2N2O5S. The molecule has 0 saturated heterocycles. The van der Waals surface area contributed by atoms with Crippen LogP contribution in [-0.4, -0.2) is 48.1 Å². The maximum absolute atomic E-state index is 14.6. The van der Waals surface area contributed by atoms with Gasteiger partial charge < -0.3 is 10.0 Å². The van der Waals surface area contributed by atoms with Crippen molar-refractivity contribution in [3.8, 4) is 0 Å². The lowest BCUT2D eigenvalue weighted by atomic mass is 9.75. The Morgan fingerprint density at radius 1 is 0.932 bits per heavy atom. The molecule has 0 radical (unpaired) electrons. The van der Waals surface area contributed by atoms with E-state index in [9.17, 15) is 23.1 Å². The van der Waals surface area contributed by atoms with Crippen molar-refractivity contribution in [2.75, 3.05) is 10.8 Å². The summed E-state index contributed by atoms with van der Waals surface area (Å²) >= 11 is 12.8. The van der Waals surface area contributed by atoms with Crippen LogP contribution in [0, 0.1) is 5.92 Å². The van der Waals surface area contributed by atoms with Gasteiger partial charge >= 0.3 is 5.97 Å². The van der Waals surface area contributed by atoms with Crippen molar-refractivity contribution in [1.82, 2.24) is 4.90 Å². The molecule has 0 aromatic heterocycles. The molecule has 3 atom stereocenters. The summed E-state index contributed by atoms with van der Waals surface area (Å²) in [5, 5.41) is 10.5. The number of amides is 1. The number of carboxylic acids is 1. The average molecular weight is 654 g/mol. The lowest BCUT2D eigenvalue weighted by Crippen LogP contribution is -2.55. The second-order valence-corrected chi connectivity index (χ2v) is 15.0. The highest BCUT2D eigenvalue weighted by molar-refractivity contribution is 7.93. The summed E-state index contributed by atoms with van der Waals surface area (Å²) in [6.07, 6.45) is 2.46. The molecule has 2 saturated carbocycles. The van der Waals surface area contributed by atoms with Gasteiger partial charge in [0, 0.05) is 21.5 Å². The summed E-state index contributed by atoms with van der Waals surface area (Å²) in [6, 6.07) is 22.7. The zero-order valence-electron chi connectivity index (χ0n) is 24.3. The molecule has 0 spiro atoms. The van der Waals surface area contributed by atoms with Gasteiger partial charge in [0.25, 0.3) is 5.91 Å². The van der Waals surface area contributed by atoms with Crippen molar-refractivity contribution in [2.45, 2.75) is 62.3 Å². The smallest absolute Gasteiger partial charge is 0.308 e. The molecule has 1 unspecified atom stereocenters. The fourth-order valence-corrected chi connectivity index (χ4v) is 8.71. The molecule has 3 aromatic carbocycles. The van der Waals surface area contributed by atoms with Crippen molar-refractivity contribution >= 4 is 50.8 Å². The monoisotopic (exact) mass is 652 g/mol. The van der Waals surface area contributed by atoms with Crippen molar-refractivity contribution in [3.63, 3.8) is 0 Å². The number of benzene rings is 3. The van der Waals surface area contributed by atoms with Crippen LogP contribution < -0.4 is 4.31 Å². The lowest BCUT2D eigenvalue weighted by Gasteiger charge is -2.48. The van der Waals surface area contributed by atoms with Gasteiger partial charge in [-0.1, -0.05) is 71.2 Å². The summed E-state index contributed by atoms with van der Waals surface area (Å²) in [7, 11) is -3.69. The number of anilines is 1. The van der Waals surface area contributed by atoms with Gasteiger partial charge in [0.15, 0.2) is 0 Å². The Morgan fingerprint density at radius 2 is 1.61 bits per heavy atom. The van der Waals surface area contributed by atoms with Crippen LogP contribution in [0.1, 0.15) is 62.1 Å². The minimum atomic E-state index is -3.69. The summed E-state index contributed by atoms with van der Waals surface area (Å²) in [4.78, 5) is 28.5. The normalized spacial score (nSPS) is 21.3. The van der Waals surface area contributed by atoms with Crippen LogP contribution in [-0.2, 0) is 19.6 Å². The first-order valence-corrected chi connectivity index (χ1v) is 17.1. The number of hydrogen-bond acceptors (Lipinski definition) is 4. The van der Waals surface area contributed by atoms with E-state index in [-0.39, 0.29) is 23.9 Å². The third-order valence-corrected chi connectivity index (χ3v) is 11.7. The van der Waals surface area contributed by atoms with Crippen molar-refractivity contribution in [3.05, 3.63) is 111 Å². The summed E-state index contributed by atoms with van der Waals surface area (Å²) in [5.41, 5.74) is 3.10. The zero-order valence-corrected chi connectivity index (χ0v) is 26.6. The fraction of sp³-hybridized carbons (Fsp3) is 0.353. The third-order valence-electron chi connectivity index (χ3n) is 8.97. The minimum absolute atomic E-state index is 0.0545. The number of rotatable bonds is 11. The number of hydrogen-bond donors (Lipinski definition) is 1. The van der Waals surface area contributed by atoms with Crippen molar-refractivity contribution in [2.24, 2.45) is 5.92 Å². The van der Waals surface area contributed by atoms with Gasteiger partial charge in [0.1, 0.15) is 0 Å². The Morgan fingerprint density at radius 3 is 2.20 bits per heavy atom. The molecule has 0 bridgehead atoms. The minimum Gasteiger partial charge on any atom is -0.481 e. The van der Waals surface area contributed by atoms with Crippen LogP contribution in [0.25, 0.3) is 0 Å². The van der Waals surface area contributed by atoms with Gasteiger partial charge in [-0.15, -0.1) is 0 Å². The van der Waals surface area contributed by atoms with E-state index >= 15 is 0 Å². The SMILES string of the molecule is CC1=C(CC(=O)O)C(=O)N(C(CN(c2ccccc2)S(=O)(=O)C2CC2)C2CC2)[C@H](c2ccc(Cl)cc2)[C@H]1c1cccc(Cl)c1. The molecule has 44 heavy (non-hydrogen) atoms. The average Bonchev–Trinajstić information content (AvgIpc) is 3.91. The molecule has 230 valence electrons. The molecule has 1 aliphatic heterocycles. The van der Waals surface area contributed by atoms with E-state index < -0.39 is 45.7 Å². The van der Waals surface area contributed by atoms with Crippen LogP contribution in [0.15, 0.2) is 90.0 Å². The Balaban J connectivity index is 1.54. The Bertz CT molecular complexity index is 1700. The van der Waals surface area contributed by atoms with Gasteiger partial charge in [0.05, 0.1) is 36.0 Å². The predicted molar refractivity (Wildman–Crippen MR) is 172 cm³/mol. The van der Waals surface area contributed by atoms with E-state index in [2.05, 4.69) is 0 Å². The lowest BCUT2D eigenvalue weighted by molar-refractivity contribution is -0.140. The maximum atomic E-state index is 14.6. The van der Waals surface area contributed by atoms with Crippen LogP contribution >= 0.6 is 23.2 Å². The second kappa shape index (κ2) is 12.2. The van der Waals surface area contributed by atoms with Gasteiger partial charge in [-0.05, 0) is 86.1 Å². The van der Waals surface area contributed by atoms with Crippen LogP contribution in [0.5, 0.6) is 0 Å². The Kier molecular flexibility index (Phi) is 8.52. The molecule has 3 aromatic rings.